The zero-order valence-electron chi connectivity index (χ0n) is 15.6. The Bertz CT molecular complexity index is 749. The molecule has 3 rings (SSSR count). The lowest BCUT2D eigenvalue weighted by Crippen LogP contribution is -2.32. The maximum Gasteiger partial charge on any atom is 0.407 e. The monoisotopic (exact) mass is 354 g/mol. The van der Waals surface area contributed by atoms with Crippen molar-refractivity contribution in [3.63, 3.8) is 0 Å². The number of carbonyl (C=O) groups is 1. The van der Waals surface area contributed by atoms with Crippen LogP contribution in [0.5, 0.6) is 0 Å². The molecule has 1 aromatic heterocycles. The van der Waals surface area contributed by atoms with Crippen molar-refractivity contribution < 1.29 is 9.53 Å². The summed E-state index contributed by atoms with van der Waals surface area (Å²) in [6, 6.07) is 9.92. The second-order valence-electron chi connectivity index (χ2n) is 7.67. The molecule has 2 N–H and O–H groups in total. The Balaban J connectivity index is 1.57. The Hall–Kier alpha value is -2.63. The molecule has 1 aliphatic carbocycles. The number of amides is 1. The fourth-order valence-corrected chi connectivity index (χ4v) is 2.46. The summed E-state index contributed by atoms with van der Waals surface area (Å²) in [5.41, 5.74) is 2.40. The predicted molar refractivity (Wildman–Crippen MR) is 102 cm³/mol. The van der Waals surface area contributed by atoms with Gasteiger partial charge in [0.05, 0.1) is 5.69 Å². The second-order valence-corrected chi connectivity index (χ2v) is 7.67. The summed E-state index contributed by atoms with van der Waals surface area (Å²) in [5.74, 6) is 1.66. The minimum absolute atomic E-state index is 0.413. The zero-order chi connectivity index (χ0) is 18.6. The molecule has 0 aliphatic heterocycles. The fraction of sp³-hybridized carbons (Fsp3) is 0.450. The molecule has 6 heteroatoms. The van der Waals surface area contributed by atoms with E-state index < -0.39 is 11.7 Å². The van der Waals surface area contributed by atoms with Gasteiger partial charge in [-0.2, -0.15) is 0 Å². The summed E-state index contributed by atoms with van der Waals surface area (Å²) >= 11 is 0. The molecule has 1 amide bonds. The first kappa shape index (κ1) is 18.2. The second kappa shape index (κ2) is 7.72. The van der Waals surface area contributed by atoms with Crippen LogP contribution in [0.1, 0.15) is 39.2 Å². The number of benzene rings is 1. The molecular formula is C20H26N4O2. The first-order valence-corrected chi connectivity index (χ1v) is 9.01. The van der Waals surface area contributed by atoms with Crippen LogP contribution in [0.15, 0.2) is 36.7 Å². The van der Waals surface area contributed by atoms with E-state index in [-0.39, 0.29) is 0 Å². The number of aromatic nitrogens is 2. The lowest BCUT2D eigenvalue weighted by molar-refractivity contribution is 0.0523. The zero-order valence-corrected chi connectivity index (χ0v) is 15.6. The van der Waals surface area contributed by atoms with E-state index in [1.54, 1.807) is 6.33 Å². The predicted octanol–water partition coefficient (Wildman–Crippen LogP) is 3.99. The van der Waals surface area contributed by atoms with E-state index in [1.807, 2.05) is 51.1 Å². The first-order chi connectivity index (χ1) is 12.4. The first-order valence-electron chi connectivity index (χ1n) is 9.01. The third-order valence-electron chi connectivity index (χ3n) is 4.02. The van der Waals surface area contributed by atoms with Crippen molar-refractivity contribution in [1.29, 1.82) is 0 Å². The molecule has 0 unspecified atom stereocenters. The average molecular weight is 354 g/mol. The molecule has 138 valence electrons. The summed E-state index contributed by atoms with van der Waals surface area (Å²) in [6.45, 7) is 6.93. The van der Waals surface area contributed by atoms with Crippen molar-refractivity contribution >= 4 is 11.9 Å². The number of hydrogen-bond acceptors (Lipinski definition) is 5. The van der Waals surface area contributed by atoms with E-state index in [0.29, 0.717) is 6.54 Å². The van der Waals surface area contributed by atoms with Crippen molar-refractivity contribution in [2.24, 2.45) is 5.92 Å². The molecule has 1 aromatic carbocycles. The quantitative estimate of drug-likeness (QED) is 0.820. The van der Waals surface area contributed by atoms with Crippen LogP contribution in [0.25, 0.3) is 11.3 Å². The molecule has 0 radical (unpaired) electrons. The molecule has 1 heterocycles. The number of nitrogens with one attached hydrogen (secondary N) is 2. The number of rotatable bonds is 6. The minimum atomic E-state index is -0.494. The summed E-state index contributed by atoms with van der Waals surface area (Å²) in [5, 5.41) is 6.13. The van der Waals surface area contributed by atoms with Crippen molar-refractivity contribution in [3.8, 4) is 11.3 Å². The Morgan fingerprint density at radius 1 is 1.19 bits per heavy atom. The van der Waals surface area contributed by atoms with E-state index in [4.69, 9.17) is 4.74 Å². The van der Waals surface area contributed by atoms with E-state index in [1.165, 1.54) is 12.8 Å². The van der Waals surface area contributed by atoms with Crippen molar-refractivity contribution in [1.82, 2.24) is 15.3 Å². The van der Waals surface area contributed by atoms with Gasteiger partial charge in [0.1, 0.15) is 17.7 Å². The molecule has 0 atom stereocenters. The molecule has 0 saturated heterocycles. The summed E-state index contributed by atoms with van der Waals surface area (Å²) in [4.78, 5) is 20.3. The number of alkyl carbamates (subject to hydrolysis) is 1. The van der Waals surface area contributed by atoms with Gasteiger partial charge in [-0.1, -0.05) is 24.3 Å². The van der Waals surface area contributed by atoms with Crippen LogP contribution in [0.4, 0.5) is 10.6 Å². The lowest BCUT2D eigenvalue weighted by Gasteiger charge is -2.19. The maximum absolute atomic E-state index is 11.7. The topological polar surface area (TPSA) is 76.1 Å². The van der Waals surface area contributed by atoms with Gasteiger partial charge in [0.15, 0.2) is 0 Å². The molecule has 1 aliphatic rings. The molecule has 1 fully saturated rings. The van der Waals surface area contributed by atoms with Crippen molar-refractivity contribution in [3.05, 3.63) is 42.2 Å². The van der Waals surface area contributed by atoms with E-state index in [0.717, 1.165) is 35.1 Å². The highest BCUT2D eigenvalue weighted by atomic mass is 16.6. The van der Waals surface area contributed by atoms with Gasteiger partial charge >= 0.3 is 6.09 Å². The molecule has 0 bridgehead atoms. The number of ether oxygens (including phenoxy) is 1. The van der Waals surface area contributed by atoms with Gasteiger partial charge in [-0.3, -0.25) is 0 Å². The normalized spacial score (nSPS) is 14.0. The molecule has 6 nitrogen and oxygen atoms in total. The van der Waals surface area contributed by atoms with Crippen LogP contribution in [0.3, 0.4) is 0 Å². The maximum atomic E-state index is 11.7. The fourth-order valence-electron chi connectivity index (χ4n) is 2.46. The van der Waals surface area contributed by atoms with Gasteiger partial charge in [0.2, 0.25) is 0 Å². The highest BCUT2D eigenvalue weighted by molar-refractivity contribution is 5.68. The Labute approximate surface area is 154 Å². The SMILES string of the molecule is CC(C)(C)OC(=O)NCc1ccc(-c2cc(NCC3CC3)ncn2)cc1. The highest BCUT2D eigenvalue weighted by Crippen LogP contribution is 2.29. The van der Waals surface area contributed by atoms with Crippen LogP contribution in [0.2, 0.25) is 0 Å². The van der Waals surface area contributed by atoms with E-state index >= 15 is 0 Å². The molecule has 2 aromatic rings. The standard InChI is InChI=1S/C20H26N4O2/c1-20(2,3)26-19(25)22-12-15-6-8-16(9-7-15)17-10-18(24-13-23-17)21-11-14-4-5-14/h6-10,13-14H,4-5,11-12H2,1-3H3,(H,22,25)(H,21,23,24). The molecule has 26 heavy (non-hydrogen) atoms. The third kappa shape index (κ3) is 5.72. The van der Waals surface area contributed by atoms with Crippen LogP contribution >= 0.6 is 0 Å². The Morgan fingerprint density at radius 2 is 1.92 bits per heavy atom. The summed E-state index contributed by atoms with van der Waals surface area (Å²) in [6.07, 6.45) is 3.79. The third-order valence-corrected chi connectivity index (χ3v) is 4.02. The number of nitrogens with zero attached hydrogens (tertiary/aromatic N) is 2. The number of hydrogen-bond donors (Lipinski definition) is 2. The van der Waals surface area contributed by atoms with Crippen molar-refractivity contribution in [2.75, 3.05) is 11.9 Å². The Morgan fingerprint density at radius 3 is 2.58 bits per heavy atom. The minimum Gasteiger partial charge on any atom is -0.444 e. The number of anilines is 1. The lowest BCUT2D eigenvalue weighted by atomic mass is 10.1. The average Bonchev–Trinajstić information content (AvgIpc) is 3.42. The highest BCUT2D eigenvalue weighted by Gasteiger charge is 2.20. The molecular weight excluding hydrogens is 328 g/mol. The van der Waals surface area contributed by atoms with Gasteiger partial charge < -0.3 is 15.4 Å². The van der Waals surface area contributed by atoms with Gasteiger partial charge in [0.25, 0.3) is 0 Å². The van der Waals surface area contributed by atoms with Gasteiger partial charge in [0, 0.05) is 24.7 Å². The Kier molecular flexibility index (Phi) is 5.40. The van der Waals surface area contributed by atoms with Gasteiger partial charge in [-0.25, -0.2) is 14.8 Å². The van der Waals surface area contributed by atoms with Crippen LogP contribution in [0, 0.1) is 5.92 Å². The van der Waals surface area contributed by atoms with Crippen LogP contribution < -0.4 is 10.6 Å². The molecule has 0 spiro atoms. The van der Waals surface area contributed by atoms with E-state index in [9.17, 15) is 4.79 Å². The smallest absolute Gasteiger partial charge is 0.407 e. The van der Waals surface area contributed by atoms with Gasteiger partial charge in [-0.05, 0) is 45.1 Å². The van der Waals surface area contributed by atoms with E-state index in [2.05, 4.69) is 20.6 Å². The van der Waals surface area contributed by atoms with Crippen molar-refractivity contribution in [2.45, 2.75) is 45.8 Å². The largest absolute Gasteiger partial charge is 0.444 e. The number of carbonyl (C=O) groups excluding carboxylic acids is 1. The van der Waals surface area contributed by atoms with Gasteiger partial charge in [-0.15, -0.1) is 0 Å². The molecule has 1 saturated carbocycles. The van der Waals surface area contributed by atoms with Crippen LogP contribution in [-0.2, 0) is 11.3 Å². The van der Waals surface area contributed by atoms with Crippen LogP contribution in [-0.4, -0.2) is 28.2 Å². The summed E-state index contributed by atoms with van der Waals surface area (Å²) in [7, 11) is 0. The summed E-state index contributed by atoms with van der Waals surface area (Å²) < 4.78 is 5.24.